The summed E-state index contributed by atoms with van der Waals surface area (Å²) in [5, 5.41) is 6.49. The number of anilines is 1. The van der Waals surface area contributed by atoms with Crippen LogP contribution in [0.4, 0.5) is 10.5 Å². The van der Waals surface area contributed by atoms with Gasteiger partial charge in [-0.3, -0.25) is 0 Å². The summed E-state index contributed by atoms with van der Waals surface area (Å²) in [7, 11) is 0. The van der Waals surface area contributed by atoms with Gasteiger partial charge in [0, 0.05) is 27.8 Å². The van der Waals surface area contributed by atoms with Gasteiger partial charge < -0.3 is 10.6 Å². The van der Waals surface area contributed by atoms with E-state index in [4.69, 9.17) is 11.6 Å². The van der Waals surface area contributed by atoms with Crippen molar-refractivity contribution < 1.29 is 4.79 Å². The molecule has 2 N–H and O–H groups in total. The number of carbonyl (C=O) groups excluding carboxylic acids is 1. The van der Waals surface area contributed by atoms with Gasteiger partial charge in [0.05, 0.1) is 0 Å². The van der Waals surface area contributed by atoms with E-state index in [2.05, 4.69) is 24.5 Å². The summed E-state index contributed by atoms with van der Waals surface area (Å²) < 4.78 is -0.0618. The monoisotopic (exact) mass is 348 g/mol. The Bertz CT molecular complexity index is 629. The summed E-state index contributed by atoms with van der Waals surface area (Å²) >= 11 is 7.69. The lowest BCUT2D eigenvalue weighted by Gasteiger charge is -2.24. The van der Waals surface area contributed by atoms with Gasteiger partial charge in [-0.05, 0) is 43.7 Å². The Morgan fingerprint density at radius 1 is 1.09 bits per heavy atom. The van der Waals surface area contributed by atoms with Gasteiger partial charge in [-0.2, -0.15) is 0 Å². The number of thioether (sulfide) groups is 1. The van der Waals surface area contributed by atoms with Crippen molar-refractivity contribution in [2.24, 2.45) is 0 Å². The molecule has 0 aromatic heterocycles. The van der Waals surface area contributed by atoms with E-state index in [0.717, 1.165) is 16.5 Å². The Hall–Kier alpha value is -1.65. The molecule has 0 aliphatic carbocycles. The Morgan fingerprint density at radius 3 is 2.39 bits per heavy atom. The molecule has 0 spiro atoms. The normalized spacial score (nSPS) is 11.1. The molecular formula is C18H21ClN2OS. The van der Waals surface area contributed by atoms with Crippen molar-refractivity contribution in [1.29, 1.82) is 0 Å². The Balaban J connectivity index is 1.76. The number of rotatable bonds is 6. The number of halogens is 1. The number of benzene rings is 2. The molecule has 2 aromatic carbocycles. The minimum absolute atomic E-state index is 0.0618. The van der Waals surface area contributed by atoms with E-state index in [1.165, 1.54) is 5.56 Å². The predicted octanol–water partition coefficient (Wildman–Crippen LogP) is 5.17. The molecule has 0 saturated heterocycles. The highest BCUT2D eigenvalue weighted by Gasteiger charge is 2.19. The molecule has 0 radical (unpaired) electrons. The third kappa shape index (κ3) is 6.55. The number of urea groups is 1. The molecule has 0 fully saturated rings. The number of amides is 2. The third-order valence-electron chi connectivity index (χ3n) is 3.25. The third-order valence-corrected chi connectivity index (χ3v) is 4.90. The molecule has 0 aliphatic rings. The number of hydrogen-bond acceptors (Lipinski definition) is 2. The van der Waals surface area contributed by atoms with Crippen molar-refractivity contribution in [1.82, 2.24) is 5.32 Å². The molecule has 0 atom stereocenters. The Labute approximate surface area is 146 Å². The predicted molar refractivity (Wildman–Crippen MR) is 100 cm³/mol. The van der Waals surface area contributed by atoms with E-state index in [1.54, 1.807) is 11.8 Å². The number of hydrogen-bond donors (Lipinski definition) is 2. The van der Waals surface area contributed by atoms with Crippen LogP contribution in [0.5, 0.6) is 0 Å². The van der Waals surface area contributed by atoms with E-state index in [-0.39, 0.29) is 10.8 Å². The van der Waals surface area contributed by atoms with Gasteiger partial charge >= 0.3 is 6.03 Å². The van der Waals surface area contributed by atoms with E-state index >= 15 is 0 Å². The van der Waals surface area contributed by atoms with E-state index in [9.17, 15) is 4.79 Å². The van der Waals surface area contributed by atoms with Crippen molar-refractivity contribution in [2.45, 2.75) is 24.3 Å². The lowest BCUT2D eigenvalue weighted by molar-refractivity contribution is 0.251. The van der Waals surface area contributed by atoms with Crippen molar-refractivity contribution in [3.63, 3.8) is 0 Å². The summed E-state index contributed by atoms with van der Waals surface area (Å²) in [6, 6.07) is 17.1. The molecule has 122 valence electrons. The lowest BCUT2D eigenvalue weighted by atomic mass is 10.2. The zero-order valence-corrected chi connectivity index (χ0v) is 14.9. The highest BCUT2D eigenvalue weighted by molar-refractivity contribution is 7.99. The molecule has 2 rings (SSSR count). The van der Waals surface area contributed by atoms with Crippen LogP contribution in [0.15, 0.2) is 54.6 Å². The van der Waals surface area contributed by atoms with Crippen molar-refractivity contribution in [3.05, 3.63) is 65.2 Å². The minimum atomic E-state index is -0.184. The highest BCUT2D eigenvalue weighted by atomic mass is 35.5. The first-order chi connectivity index (χ1) is 10.9. The fourth-order valence-corrected chi connectivity index (χ4v) is 2.95. The molecule has 0 unspecified atom stereocenters. The highest BCUT2D eigenvalue weighted by Crippen LogP contribution is 2.27. The molecule has 2 amide bonds. The maximum atomic E-state index is 11.9. The van der Waals surface area contributed by atoms with Crippen LogP contribution in [-0.4, -0.2) is 17.3 Å². The molecular weight excluding hydrogens is 328 g/mol. The fraction of sp³-hybridized carbons (Fsp3) is 0.278. The summed E-state index contributed by atoms with van der Waals surface area (Å²) in [6.07, 6.45) is 0. The van der Waals surface area contributed by atoms with Gasteiger partial charge in [-0.15, -0.1) is 11.8 Å². The standard InChI is InChI=1S/C18H21ClN2OS/c1-18(2,23-12-14-8-10-15(19)11-9-14)13-20-17(22)21-16-6-4-3-5-7-16/h3-11H,12-13H2,1-2H3,(H2,20,21,22). The number of para-hydroxylation sites is 1. The van der Waals surface area contributed by atoms with Gasteiger partial charge in [0.2, 0.25) is 0 Å². The molecule has 0 bridgehead atoms. The zero-order chi connectivity index (χ0) is 16.7. The SMILES string of the molecule is CC(C)(CNC(=O)Nc1ccccc1)SCc1ccc(Cl)cc1. The summed E-state index contributed by atoms with van der Waals surface area (Å²) in [5.74, 6) is 0.881. The Morgan fingerprint density at radius 2 is 1.74 bits per heavy atom. The van der Waals surface area contributed by atoms with Gasteiger partial charge in [0.15, 0.2) is 0 Å². The first-order valence-electron chi connectivity index (χ1n) is 7.43. The maximum absolute atomic E-state index is 11.9. The summed E-state index contributed by atoms with van der Waals surface area (Å²) in [5.41, 5.74) is 2.01. The van der Waals surface area contributed by atoms with Crippen LogP contribution in [0, 0.1) is 0 Å². The van der Waals surface area contributed by atoms with Crippen LogP contribution in [0.1, 0.15) is 19.4 Å². The van der Waals surface area contributed by atoms with E-state index < -0.39 is 0 Å². The van der Waals surface area contributed by atoms with Gasteiger partial charge in [-0.1, -0.05) is 41.9 Å². The fourth-order valence-electron chi connectivity index (χ4n) is 1.90. The lowest BCUT2D eigenvalue weighted by Crippen LogP contribution is -2.38. The van der Waals surface area contributed by atoms with Crippen LogP contribution in [0.25, 0.3) is 0 Å². The first-order valence-corrected chi connectivity index (χ1v) is 8.79. The van der Waals surface area contributed by atoms with Gasteiger partial charge in [0.25, 0.3) is 0 Å². The smallest absolute Gasteiger partial charge is 0.319 e. The molecule has 0 aliphatic heterocycles. The van der Waals surface area contributed by atoms with Crippen molar-refractivity contribution in [2.75, 3.05) is 11.9 Å². The average molecular weight is 349 g/mol. The van der Waals surface area contributed by atoms with Crippen LogP contribution in [0.2, 0.25) is 5.02 Å². The second-order valence-corrected chi connectivity index (χ2v) is 7.97. The van der Waals surface area contributed by atoms with Gasteiger partial charge in [0.1, 0.15) is 0 Å². The topological polar surface area (TPSA) is 41.1 Å². The molecule has 0 heterocycles. The van der Waals surface area contributed by atoms with Crippen LogP contribution in [-0.2, 0) is 5.75 Å². The zero-order valence-electron chi connectivity index (χ0n) is 13.3. The van der Waals surface area contributed by atoms with Crippen LogP contribution < -0.4 is 10.6 Å². The molecule has 23 heavy (non-hydrogen) atoms. The van der Waals surface area contributed by atoms with E-state index in [1.807, 2.05) is 54.6 Å². The van der Waals surface area contributed by atoms with E-state index in [0.29, 0.717) is 6.54 Å². The molecule has 5 heteroatoms. The average Bonchev–Trinajstić information content (AvgIpc) is 2.54. The Kier molecular flexibility index (Phi) is 6.37. The van der Waals surface area contributed by atoms with Crippen LogP contribution >= 0.6 is 23.4 Å². The molecule has 3 nitrogen and oxygen atoms in total. The molecule has 2 aromatic rings. The summed E-state index contributed by atoms with van der Waals surface area (Å²) in [4.78, 5) is 11.9. The molecule has 0 saturated carbocycles. The first kappa shape index (κ1) is 17.7. The second kappa shape index (κ2) is 8.27. The summed E-state index contributed by atoms with van der Waals surface area (Å²) in [6.45, 7) is 4.83. The maximum Gasteiger partial charge on any atom is 0.319 e. The van der Waals surface area contributed by atoms with Gasteiger partial charge in [-0.25, -0.2) is 4.79 Å². The number of carbonyl (C=O) groups is 1. The second-order valence-electron chi connectivity index (χ2n) is 5.85. The quantitative estimate of drug-likeness (QED) is 0.755. The number of nitrogens with one attached hydrogen (secondary N) is 2. The van der Waals surface area contributed by atoms with Crippen molar-refractivity contribution >= 4 is 35.1 Å². The van der Waals surface area contributed by atoms with Crippen molar-refractivity contribution in [3.8, 4) is 0 Å². The minimum Gasteiger partial charge on any atom is -0.336 e. The largest absolute Gasteiger partial charge is 0.336 e. The van der Waals surface area contributed by atoms with Crippen LogP contribution in [0.3, 0.4) is 0 Å².